The zero-order valence-corrected chi connectivity index (χ0v) is 11.1. The van der Waals surface area contributed by atoms with E-state index in [4.69, 9.17) is 23.2 Å². The van der Waals surface area contributed by atoms with Crippen molar-refractivity contribution in [1.29, 1.82) is 0 Å². The van der Waals surface area contributed by atoms with E-state index in [0.717, 1.165) is 0 Å². The van der Waals surface area contributed by atoms with E-state index in [1.807, 2.05) is 0 Å². The molecule has 0 saturated carbocycles. The highest BCUT2D eigenvalue weighted by molar-refractivity contribution is 6.36. The first-order valence-electron chi connectivity index (χ1n) is 5.21. The molecule has 0 aliphatic carbocycles. The highest BCUT2D eigenvalue weighted by atomic mass is 35.5. The van der Waals surface area contributed by atoms with Crippen LogP contribution >= 0.6 is 23.2 Å². The second kappa shape index (κ2) is 3.97. The fourth-order valence-corrected chi connectivity index (χ4v) is 3.13. The van der Waals surface area contributed by atoms with Crippen LogP contribution in [0.15, 0.2) is 0 Å². The van der Waals surface area contributed by atoms with Crippen molar-refractivity contribution in [3.8, 4) is 0 Å². The molecule has 0 amide bonds. The summed E-state index contributed by atoms with van der Waals surface area (Å²) in [5.74, 6) is 0. The lowest BCUT2D eigenvalue weighted by molar-refractivity contribution is -0.371. The molecule has 0 atom stereocenters. The Morgan fingerprint density at radius 2 is 0.682 bits per heavy atom. The van der Waals surface area contributed by atoms with E-state index in [0.29, 0.717) is 0 Å². The summed E-state index contributed by atoms with van der Waals surface area (Å²) >= 11 is 10.5. The first-order valence-corrected chi connectivity index (χ1v) is 5.96. The third-order valence-electron chi connectivity index (χ3n) is 3.05. The van der Waals surface area contributed by atoms with Gasteiger partial charge >= 0.3 is 24.4 Å². The van der Waals surface area contributed by atoms with Gasteiger partial charge in [-0.15, -0.1) is 0 Å². The minimum atomic E-state index is -4.80. The van der Waals surface area contributed by atoms with Crippen molar-refractivity contribution >= 4 is 23.2 Å². The molecular formula is C10Cl2F8O2. The van der Waals surface area contributed by atoms with Gasteiger partial charge in [-0.3, -0.25) is 0 Å². The minimum absolute atomic E-state index is 1.72. The molecule has 2 aliphatic heterocycles. The summed E-state index contributed by atoms with van der Waals surface area (Å²) in [7, 11) is 0. The fourth-order valence-electron chi connectivity index (χ4n) is 2.31. The van der Waals surface area contributed by atoms with E-state index < -0.39 is 56.7 Å². The summed E-state index contributed by atoms with van der Waals surface area (Å²) in [6, 6.07) is 0. The van der Waals surface area contributed by atoms with E-state index in [1.54, 1.807) is 0 Å². The van der Waals surface area contributed by atoms with Crippen molar-refractivity contribution in [3.05, 3.63) is 32.3 Å². The molecule has 0 unspecified atom stereocenters. The molecule has 122 valence electrons. The molecule has 0 radical (unpaired) electrons. The average molecular weight is 375 g/mol. The summed E-state index contributed by atoms with van der Waals surface area (Å²) in [6.45, 7) is 0. The Hall–Kier alpha value is -0.840. The van der Waals surface area contributed by atoms with Crippen LogP contribution in [0, 0.1) is 0 Å². The molecule has 0 saturated heterocycles. The molecular weight excluding hydrogens is 375 g/mol. The van der Waals surface area contributed by atoms with Crippen LogP contribution in [0.1, 0.15) is 22.3 Å². The molecule has 0 bridgehead atoms. The molecule has 2 aliphatic rings. The van der Waals surface area contributed by atoms with Crippen molar-refractivity contribution < 1.29 is 44.6 Å². The summed E-state index contributed by atoms with van der Waals surface area (Å²) in [5, 5.41) is -3.45. The first kappa shape index (κ1) is 16.0. The average Bonchev–Trinajstić information content (AvgIpc) is 2.57. The van der Waals surface area contributed by atoms with Crippen LogP contribution < -0.4 is 0 Å². The summed E-state index contributed by atoms with van der Waals surface area (Å²) in [6.07, 6.45) is -19.2. The molecule has 3 rings (SSSR count). The van der Waals surface area contributed by atoms with E-state index in [9.17, 15) is 35.1 Å². The van der Waals surface area contributed by atoms with Crippen LogP contribution in [-0.2, 0) is 33.9 Å². The maximum atomic E-state index is 13.5. The predicted molar refractivity (Wildman–Crippen MR) is 54.2 cm³/mol. The van der Waals surface area contributed by atoms with Gasteiger partial charge in [0.15, 0.2) is 0 Å². The Bertz CT molecular complexity index is 591. The molecule has 0 N–H and O–H groups in total. The SMILES string of the molecule is FC1(F)OC(F)(F)c2c(Cl)c3c(c(Cl)c21)C(F)(F)OC3(F)F. The Morgan fingerprint density at radius 3 is 0.864 bits per heavy atom. The summed E-state index contributed by atoms with van der Waals surface area (Å²) in [5.41, 5.74) is -7.60. The van der Waals surface area contributed by atoms with Crippen LogP contribution in [0.25, 0.3) is 0 Å². The van der Waals surface area contributed by atoms with Gasteiger partial charge in [0, 0.05) is 0 Å². The summed E-state index contributed by atoms with van der Waals surface area (Å²) in [4.78, 5) is 0. The van der Waals surface area contributed by atoms with E-state index in [1.165, 1.54) is 0 Å². The lowest BCUT2D eigenvalue weighted by atomic mass is 9.98. The van der Waals surface area contributed by atoms with Crippen molar-refractivity contribution in [2.45, 2.75) is 24.4 Å². The maximum Gasteiger partial charge on any atom is 0.390 e. The van der Waals surface area contributed by atoms with Gasteiger partial charge in [-0.1, -0.05) is 23.2 Å². The molecule has 22 heavy (non-hydrogen) atoms. The third kappa shape index (κ3) is 1.81. The molecule has 12 heteroatoms. The van der Waals surface area contributed by atoms with Gasteiger partial charge in [0.1, 0.15) is 0 Å². The van der Waals surface area contributed by atoms with Crippen molar-refractivity contribution in [2.24, 2.45) is 0 Å². The van der Waals surface area contributed by atoms with Crippen LogP contribution in [0.2, 0.25) is 10.0 Å². The van der Waals surface area contributed by atoms with Gasteiger partial charge in [-0.2, -0.15) is 35.1 Å². The lowest BCUT2D eigenvalue weighted by Gasteiger charge is -2.15. The van der Waals surface area contributed by atoms with E-state index in [2.05, 4.69) is 9.47 Å². The summed E-state index contributed by atoms with van der Waals surface area (Å²) < 4.78 is 114. The van der Waals surface area contributed by atoms with Gasteiger partial charge in [-0.25, -0.2) is 9.47 Å². The van der Waals surface area contributed by atoms with Crippen LogP contribution in [0.3, 0.4) is 0 Å². The van der Waals surface area contributed by atoms with Crippen LogP contribution in [-0.4, -0.2) is 0 Å². The number of hydrogen-bond donors (Lipinski definition) is 0. The van der Waals surface area contributed by atoms with E-state index >= 15 is 0 Å². The highest BCUT2D eigenvalue weighted by Gasteiger charge is 2.67. The zero-order valence-electron chi connectivity index (χ0n) is 9.60. The number of halogens is 10. The number of fused-ring (bicyclic) bond motifs is 2. The van der Waals surface area contributed by atoms with Crippen molar-refractivity contribution in [1.82, 2.24) is 0 Å². The minimum Gasteiger partial charge on any atom is -0.247 e. The van der Waals surface area contributed by atoms with Gasteiger partial charge in [-0.05, 0) is 0 Å². The molecule has 0 spiro atoms. The Kier molecular flexibility index (Phi) is 2.90. The molecule has 1 aromatic rings. The molecule has 1 aromatic carbocycles. The van der Waals surface area contributed by atoms with Gasteiger partial charge in [0.25, 0.3) is 0 Å². The standard InChI is InChI=1S/C10Cl2F8O2/c11-5-1-2(8(15,16)21-7(1,13)14)6(12)4-3(5)9(17,18)22-10(4,19)20. The number of benzene rings is 1. The van der Waals surface area contributed by atoms with E-state index in [-0.39, 0.29) is 0 Å². The fraction of sp³-hybridized carbons (Fsp3) is 0.400. The maximum absolute atomic E-state index is 13.5. The van der Waals surface area contributed by atoms with Crippen LogP contribution in [0.4, 0.5) is 35.1 Å². The monoisotopic (exact) mass is 374 g/mol. The second-order valence-corrected chi connectivity index (χ2v) is 5.16. The third-order valence-corrected chi connectivity index (χ3v) is 3.81. The number of alkyl halides is 8. The van der Waals surface area contributed by atoms with Gasteiger partial charge in [0.2, 0.25) is 0 Å². The Labute approximate surface area is 125 Å². The molecule has 0 aromatic heterocycles. The van der Waals surface area contributed by atoms with Crippen molar-refractivity contribution in [2.75, 3.05) is 0 Å². The second-order valence-electron chi connectivity index (χ2n) is 4.40. The number of rotatable bonds is 0. The normalized spacial score (nSPS) is 25.9. The van der Waals surface area contributed by atoms with Gasteiger partial charge in [0.05, 0.1) is 32.3 Å². The topological polar surface area (TPSA) is 18.5 Å². The smallest absolute Gasteiger partial charge is 0.247 e. The largest absolute Gasteiger partial charge is 0.390 e. The Balaban J connectivity index is 2.50. The zero-order chi connectivity index (χ0) is 16.9. The lowest BCUT2D eigenvalue weighted by Crippen LogP contribution is -2.20. The molecule has 2 nitrogen and oxygen atoms in total. The van der Waals surface area contributed by atoms with Gasteiger partial charge < -0.3 is 0 Å². The quantitative estimate of drug-likeness (QED) is 0.577. The molecule has 2 heterocycles. The first-order chi connectivity index (χ1) is 9.72. The number of hydrogen-bond acceptors (Lipinski definition) is 2. The van der Waals surface area contributed by atoms with Crippen LogP contribution in [0.5, 0.6) is 0 Å². The highest BCUT2D eigenvalue weighted by Crippen LogP contribution is 2.63. The number of ether oxygens (including phenoxy) is 2. The Morgan fingerprint density at radius 1 is 0.500 bits per heavy atom. The van der Waals surface area contributed by atoms with Crippen molar-refractivity contribution in [3.63, 3.8) is 0 Å². The predicted octanol–water partition coefficient (Wildman–Crippen LogP) is 5.25. The molecule has 0 fully saturated rings.